The molecule has 1 aliphatic rings. The number of likely N-dealkylation sites (tertiary alicyclic amines) is 1. The van der Waals surface area contributed by atoms with Crippen LogP contribution in [0, 0.1) is 5.92 Å². The Morgan fingerprint density at radius 2 is 2.20 bits per heavy atom. The molecule has 0 saturated carbocycles. The van der Waals surface area contributed by atoms with Crippen LogP contribution in [0.3, 0.4) is 0 Å². The van der Waals surface area contributed by atoms with Gasteiger partial charge in [0.05, 0.1) is 0 Å². The zero-order valence-electron chi connectivity index (χ0n) is 7.06. The van der Waals surface area contributed by atoms with Gasteiger partial charge in [0.1, 0.15) is 0 Å². The van der Waals surface area contributed by atoms with E-state index >= 15 is 0 Å². The zero-order chi connectivity index (χ0) is 7.40. The highest BCUT2D eigenvalue weighted by Crippen LogP contribution is 2.10. The average Bonchev–Trinajstić information content (AvgIpc) is 1.85. The van der Waals surface area contributed by atoms with Crippen molar-refractivity contribution in [3.63, 3.8) is 0 Å². The van der Waals surface area contributed by atoms with Crippen molar-refractivity contribution in [3.05, 3.63) is 0 Å². The quantitative estimate of drug-likeness (QED) is 0.577. The standard InChI is InChI=1S/C8H18N2/c1-3-4-9-5-8-6-10(2)7-8/h8-9H,3-7H2,1-2H3. The van der Waals surface area contributed by atoms with Crippen LogP contribution in [0.2, 0.25) is 0 Å². The normalized spacial score (nSPS) is 21.0. The van der Waals surface area contributed by atoms with Gasteiger partial charge in [-0.1, -0.05) is 6.92 Å². The maximum absolute atomic E-state index is 3.43. The van der Waals surface area contributed by atoms with Gasteiger partial charge < -0.3 is 10.2 Å². The van der Waals surface area contributed by atoms with Crippen molar-refractivity contribution < 1.29 is 0 Å². The fraction of sp³-hybridized carbons (Fsp3) is 1.00. The molecule has 1 fully saturated rings. The first-order valence-electron chi connectivity index (χ1n) is 4.22. The number of hydrogen-bond acceptors (Lipinski definition) is 2. The second-order valence-corrected chi connectivity index (χ2v) is 3.29. The Hall–Kier alpha value is -0.0800. The molecule has 0 bridgehead atoms. The fourth-order valence-electron chi connectivity index (χ4n) is 1.44. The van der Waals surface area contributed by atoms with E-state index in [1.165, 1.54) is 32.6 Å². The Morgan fingerprint density at radius 1 is 1.50 bits per heavy atom. The van der Waals surface area contributed by atoms with Crippen LogP contribution in [0.1, 0.15) is 13.3 Å². The van der Waals surface area contributed by atoms with Crippen molar-refractivity contribution in [2.45, 2.75) is 13.3 Å². The van der Waals surface area contributed by atoms with E-state index in [9.17, 15) is 0 Å². The largest absolute Gasteiger partial charge is 0.316 e. The Bertz CT molecular complexity index is 87.3. The Balaban J connectivity index is 1.86. The molecule has 1 rings (SSSR count). The lowest BCUT2D eigenvalue weighted by Gasteiger charge is -2.36. The molecule has 0 aromatic carbocycles. The summed E-state index contributed by atoms with van der Waals surface area (Å²) in [5.74, 6) is 0.927. The molecule has 0 atom stereocenters. The lowest BCUT2D eigenvalue weighted by molar-refractivity contribution is 0.133. The summed E-state index contributed by atoms with van der Waals surface area (Å²) in [5, 5.41) is 3.43. The van der Waals surface area contributed by atoms with E-state index in [0.717, 1.165) is 5.92 Å². The van der Waals surface area contributed by atoms with Gasteiger partial charge in [0, 0.05) is 19.6 Å². The van der Waals surface area contributed by atoms with Crippen LogP contribution in [0.4, 0.5) is 0 Å². The number of nitrogens with zero attached hydrogens (tertiary/aromatic N) is 1. The van der Waals surface area contributed by atoms with Crippen LogP contribution in [0.15, 0.2) is 0 Å². The summed E-state index contributed by atoms with van der Waals surface area (Å²) >= 11 is 0. The van der Waals surface area contributed by atoms with Gasteiger partial charge >= 0.3 is 0 Å². The second kappa shape index (κ2) is 3.94. The van der Waals surface area contributed by atoms with Gasteiger partial charge in [-0.25, -0.2) is 0 Å². The molecule has 0 spiro atoms. The SMILES string of the molecule is CCCNCC1CN(C)C1. The van der Waals surface area contributed by atoms with Crippen molar-refractivity contribution in [2.24, 2.45) is 5.92 Å². The third-order valence-electron chi connectivity index (χ3n) is 2.00. The minimum Gasteiger partial charge on any atom is -0.316 e. The first-order valence-corrected chi connectivity index (χ1v) is 4.22. The number of hydrogen-bond donors (Lipinski definition) is 1. The van der Waals surface area contributed by atoms with E-state index in [0.29, 0.717) is 0 Å². The first kappa shape index (κ1) is 8.02. The van der Waals surface area contributed by atoms with Crippen molar-refractivity contribution in [3.8, 4) is 0 Å². The van der Waals surface area contributed by atoms with E-state index in [-0.39, 0.29) is 0 Å². The van der Waals surface area contributed by atoms with Crippen LogP contribution in [-0.2, 0) is 0 Å². The van der Waals surface area contributed by atoms with Crippen molar-refractivity contribution in [1.82, 2.24) is 10.2 Å². The third kappa shape index (κ3) is 2.27. The minimum atomic E-state index is 0.927. The Morgan fingerprint density at radius 3 is 2.70 bits per heavy atom. The van der Waals surface area contributed by atoms with Gasteiger partial charge in [-0.2, -0.15) is 0 Å². The summed E-state index contributed by atoms with van der Waals surface area (Å²) in [5.41, 5.74) is 0. The molecule has 2 nitrogen and oxygen atoms in total. The predicted molar refractivity (Wildman–Crippen MR) is 44.1 cm³/mol. The molecule has 1 aliphatic heterocycles. The molecule has 1 N–H and O–H groups in total. The van der Waals surface area contributed by atoms with E-state index in [2.05, 4.69) is 24.2 Å². The molecule has 0 aliphatic carbocycles. The van der Waals surface area contributed by atoms with Gasteiger partial charge in [0.15, 0.2) is 0 Å². The van der Waals surface area contributed by atoms with Crippen LogP contribution >= 0.6 is 0 Å². The maximum Gasteiger partial charge on any atom is 0.00312 e. The molecule has 10 heavy (non-hydrogen) atoms. The van der Waals surface area contributed by atoms with Crippen LogP contribution in [0.25, 0.3) is 0 Å². The van der Waals surface area contributed by atoms with Crippen molar-refractivity contribution in [2.75, 3.05) is 33.2 Å². The average molecular weight is 142 g/mol. The summed E-state index contributed by atoms with van der Waals surface area (Å²) in [7, 11) is 2.18. The Labute approximate surface area is 63.6 Å². The molecule has 1 saturated heterocycles. The lowest BCUT2D eigenvalue weighted by atomic mass is 10.0. The molecule has 0 aromatic rings. The maximum atomic E-state index is 3.43. The molecule has 60 valence electrons. The van der Waals surface area contributed by atoms with Crippen LogP contribution < -0.4 is 5.32 Å². The molecule has 2 heteroatoms. The Kier molecular flexibility index (Phi) is 3.16. The minimum absolute atomic E-state index is 0.927. The van der Waals surface area contributed by atoms with E-state index in [4.69, 9.17) is 0 Å². The highest BCUT2D eigenvalue weighted by molar-refractivity contribution is 4.78. The van der Waals surface area contributed by atoms with E-state index in [1.54, 1.807) is 0 Å². The summed E-state index contributed by atoms with van der Waals surface area (Å²) in [6.07, 6.45) is 1.25. The van der Waals surface area contributed by atoms with Crippen molar-refractivity contribution >= 4 is 0 Å². The topological polar surface area (TPSA) is 15.3 Å². The first-order chi connectivity index (χ1) is 4.83. The van der Waals surface area contributed by atoms with Crippen LogP contribution in [0.5, 0.6) is 0 Å². The lowest BCUT2D eigenvalue weighted by Crippen LogP contribution is -2.48. The van der Waals surface area contributed by atoms with E-state index < -0.39 is 0 Å². The third-order valence-corrected chi connectivity index (χ3v) is 2.00. The summed E-state index contributed by atoms with van der Waals surface area (Å²) in [6.45, 7) is 7.19. The molecular weight excluding hydrogens is 124 g/mol. The van der Waals surface area contributed by atoms with Gasteiger partial charge in [-0.05, 0) is 25.9 Å². The van der Waals surface area contributed by atoms with Gasteiger partial charge in [-0.3, -0.25) is 0 Å². The van der Waals surface area contributed by atoms with Crippen LogP contribution in [-0.4, -0.2) is 38.1 Å². The zero-order valence-corrected chi connectivity index (χ0v) is 7.06. The number of nitrogens with one attached hydrogen (secondary N) is 1. The highest BCUT2D eigenvalue weighted by atomic mass is 15.2. The summed E-state index contributed by atoms with van der Waals surface area (Å²) < 4.78 is 0. The molecule has 1 heterocycles. The monoisotopic (exact) mass is 142 g/mol. The molecule has 0 radical (unpaired) electrons. The summed E-state index contributed by atoms with van der Waals surface area (Å²) in [6, 6.07) is 0. The van der Waals surface area contributed by atoms with E-state index in [1.807, 2.05) is 0 Å². The van der Waals surface area contributed by atoms with Gasteiger partial charge in [0.2, 0.25) is 0 Å². The fourth-order valence-corrected chi connectivity index (χ4v) is 1.44. The van der Waals surface area contributed by atoms with Crippen molar-refractivity contribution in [1.29, 1.82) is 0 Å². The molecule has 0 unspecified atom stereocenters. The molecule has 0 aromatic heterocycles. The second-order valence-electron chi connectivity index (χ2n) is 3.29. The van der Waals surface area contributed by atoms with Gasteiger partial charge in [0.25, 0.3) is 0 Å². The highest BCUT2D eigenvalue weighted by Gasteiger charge is 2.21. The number of rotatable bonds is 4. The summed E-state index contributed by atoms with van der Waals surface area (Å²) in [4.78, 5) is 2.36. The smallest absolute Gasteiger partial charge is 0.00312 e. The molecular formula is C8H18N2. The molecule has 0 amide bonds. The predicted octanol–water partition coefficient (Wildman–Crippen LogP) is 0.548. The van der Waals surface area contributed by atoms with Gasteiger partial charge in [-0.15, -0.1) is 0 Å².